The van der Waals surface area contributed by atoms with Crippen LogP contribution in [0.3, 0.4) is 0 Å². The van der Waals surface area contributed by atoms with Crippen molar-refractivity contribution in [2.45, 2.75) is 19.4 Å². The van der Waals surface area contributed by atoms with Crippen LogP contribution in [0.4, 0.5) is 4.79 Å². The van der Waals surface area contributed by atoms with Crippen molar-refractivity contribution in [2.75, 3.05) is 6.61 Å². The zero-order valence-corrected chi connectivity index (χ0v) is 15.1. The van der Waals surface area contributed by atoms with Crippen molar-refractivity contribution in [3.63, 3.8) is 0 Å². The molecule has 2 N–H and O–H groups in total. The largest absolute Gasteiger partial charge is 0.450 e. The molecule has 136 valence electrons. The number of amides is 2. The van der Waals surface area contributed by atoms with Crippen molar-refractivity contribution in [1.82, 2.24) is 10.7 Å². The number of nitrogens with zero attached hydrogens (tertiary/aromatic N) is 1. The van der Waals surface area contributed by atoms with E-state index in [2.05, 4.69) is 15.8 Å². The summed E-state index contributed by atoms with van der Waals surface area (Å²) in [6, 6.07) is 15.6. The second kappa shape index (κ2) is 10.2. The summed E-state index contributed by atoms with van der Waals surface area (Å²) in [4.78, 5) is 24.1. The lowest BCUT2D eigenvalue weighted by Gasteiger charge is -2.16. The van der Waals surface area contributed by atoms with Crippen LogP contribution in [0.15, 0.2) is 59.7 Å². The lowest BCUT2D eigenvalue weighted by molar-refractivity contribution is -0.123. The first-order chi connectivity index (χ1) is 12.6. The van der Waals surface area contributed by atoms with E-state index in [0.29, 0.717) is 11.4 Å². The van der Waals surface area contributed by atoms with Crippen molar-refractivity contribution in [3.8, 4) is 0 Å². The Hall–Kier alpha value is -2.86. The molecule has 2 aromatic carbocycles. The highest BCUT2D eigenvalue weighted by Gasteiger charge is 2.21. The van der Waals surface area contributed by atoms with E-state index in [1.165, 1.54) is 6.21 Å². The number of hydrogen-bond acceptors (Lipinski definition) is 4. The summed E-state index contributed by atoms with van der Waals surface area (Å²) >= 11 is 5.82. The maximum Gasteiger partial charge on any atom is 0.407 e. The van der Waals surface area contributed by atoms with E-state index in [-0.39, 0.29) is 6.61 Å². The van der Waals surface area contributed by atoms with Crippen molar-refractivity contribution < 1.29 is 14.3 Å². The minimum atomic E-state index is -0.807. The van der Waals surface area contributed by atoms with Gasteiger partial charge in [-0.25, -0.2) is 10.2 Å². The molecule has 2 amide bonds. The molecule has 0 aliphatic heterocycles. The third-order valence-electron chi connectivity index (χ3n) is 3.43. The average molecular weight is 374 g/mol. The highest BCUT2D eigenvalue weighted by Crippen LogP contribution is 2.08. The van der Waals surface area contributed by atoms with Crippen LogP contribution in [-0.4, -0.2) is 30.9 Å². The van der Waals surface area contributed by atoms with Gasteiger partial charge in [0.1, 0.15) is 6.04 Å². The minimum absolute atomic E-state index is 0.222. The standard InChI is InChI=1S/C19H20ClN3O3/c1-2-26-19(25)22-17(12-14-6-4-3-5-7-14)18(24)23-21-13-15-8-10-16(20)11-9-15/h3-11,13,17H,2,12H2,1H3,(H,22,25)(H,23,24)/b21-13-/t17-/m1/s1. The van der Waals surface area contributed by atoms with Gasteiger partial charge in [0.2, 0.25) is 0 Å². The molecule has 0 aliphatic rings. The van der Waals surface area contributed by atoms with Gasteiger partial charge in [0.25, 0.3) is 5.91 Å². The summed E-state index contributed by atoms with van der Waals surface area (Å²) in [5, 5.41) is 7.10. The second-order valence-electron chi connectivity index (χ2n) is 5.39. The number of alkyl carbamates (subject to hydrolysis) is 1. The predicted molar refractivity (Wildman–Crippen MR) is 101 cm³/mol. The number of halogens is 1. The smallest absolute Gasteiger partial charge is 0.407 e. The summed E-state index contributed by atoms with van der Waals surface area (Å²) in [6.45, 7) is 1.92. The van der Waals surface area contributed by atoms with E-state index >= 15 is 0 Å². The van der Waals surface area contributed by atoms with Crippen LogP contribution in [0.2, 0.25) is 5.02 Å². The Morgan fingerprint density at radius 2 is 1.85 bits per heavy atom. The third-order valence-corrected chi connectivity index (χ3v) is 3.68. The number of nitrogens with one attached hydrogen (secondary N) is 2. The van der Waals surface area contributed by atoms with Crippen LogP contribution in [-0.2, 0) is 16.0 Å². The molecule has 0 saturated heterocycles. The van der Waals surface area contributed by atoms with Gasteiger partial charge in [0.15, 0.2) is 0 Å². The number of ether oxygens (including phenoxy) is 1. The number of rotatable bonds is 7. The Bertz CT molecular complexity index is 748. The fourth-order valence-electron chi connectivity index (χ4n) is 2.17. The van der Waals surface area contributed by atoms with Gasteiger partial charge in [-0.3, -0.25) is 4.79 Å². The molecule has 0 aliphatic carbocycles. The van der Waals surface area contributed by atoms with E-state index in [0.717, 1.165) is 11.1 Å². The number of carbonyl (C=O) groups excluding carboxylic acids is 2. The van der Waals surface area contributed by atoms with Crippen LogP contribution in [0.1, 0.15) is 18.1 Å². The van der Waals surface area contributed by atoms with Crippen LogP contribution in [0.5, 0.6) is 0 Å². The molecule has 0 unspecified atom stereocenters. The SMILES string of the molecule is CCOC(=O)N[C@H](Cc1ccccc1)C(=O)N/N=C\c1ccc(Cl)cc1. The molecule has 0 fully saturated rings. The topological polar surface area (TPSA) is 79.8 Å². The number of hydrogen-bond donors (Lipinski definition) is 2. The van der Waals surface area contributed by atoms with Crippen molar-refractivity contribution >= 4 is 29.8 Å². The van der Waals surface area contributed by atoms with E-state index in [4.69, 9.17) is 16.3 Å². The molecule has 0 bridgehead atoms. The van der Waals surface area contributed by atoms with Crippen molar-refractivity contribution in [3.05, 3.63) is 70.7 Å². The highest BCUT2D eigenvalue weighted by molar-refractivity contribution is 6.30. The first-order valence-corrected chi connectivity index (χ1v) is 8.52. The minimum Gasteiger partial charge on any atom is -0.450 e. The van der Waals surface area contributed by atoms with Crippen LogP contribution in [0, 0.1) is 0 Å². The van der Waals surface area contributed by atoms with Gasteiger partial charge in [0, 0.05) is 11.4 Å². The van der Waals surface area contributed by atoms with Gasteiger partial charge >= 0.3 is 6.09 Å². The monoisotopic (exact) mass is 373 g/mol. The quantitative estimate of drug-likeness (QED) is 0.578. The molecule has 0 radical (unpaired) electrons. The Morgan fingerprint density at radius 3 is 2.50 bits per heavy atom. The Balaban J connectivity index is 2.01. The molecule has 6 nitrogen and oxygen atoms in total. The lowest BCUT2D eigenvalue weighted by Crippen LogP contribution is -2.47. The fourth-order valence-corrected chi connectivity index (χ4v) is 2.30. The molecule has 2 rings (SSSR count). The molecular formula is C19H20ClN3O3. The zero-order chi connectivity index (χ0) is 18.8. The van der Waals surface area contributed by atoms with Crippen LogP contribution in [0.25, 0.3) is 0 Å². The molecule has 0 heterocycles. The van der Waals surface area contributed by atoms with Crippen LogP contribution >= 0.6 is 11.6 Å². The Labute approximate surface area is 157 Å². The van der Waals surface area contributed by atoms with Crippen molar-refractivity contribution in [1.29, 1.82) is 0 Å². The van der Waals surface area contributed by atoms with Gasteiger partial charge in [-0.1, -0.05) is 54.1 Å². The Morgan fingerprint density at radius 1 is 1.15 bits per heavy atom. The fraction of sp³-hybridized carbons (Fsp3) is 0.211. The average Bonchev–Trinajstić information content (AvgIpc) is 2.64. The van der Waals surface area contributed by atoms with E-state index in [1.807, 2.05) is 30.3 Å². The second-order valence-corrected chi connectivity index (χ2v) is 5.83. The van der Waals surface area contributed by atoms with Gasteiger partial charge in [0.05, 0.1) is 12.8 Å². The predicted octanol–water partition coefficient (Wildman–Crippen LogP) is 3.15. The zero-order valence-electron chi connectivity index (χ0n) is 14.3. The maximum atomic E-state index is 12.4. The summed E-state index contributed by atoms with van der Waals surface area (Å²) in [5.41, 5.74) is 4.13. The highest BCUT2D eigenvalue weighted by atomic mass is 35.5. The Kier molecular flexibility index (Phi) is 7.64. The molecule has 0 aromatic heterocycles. The molecule has 7 heteroatoms. The normalized spacial score (nSPS) is 11.8. The summed E-state index contributed by atoms with van der Waals surface area (Å²) in [5.74, 6) is -0.438. The maximum absolute atomic E-state index is 12.4. The molecular weight excluding hydrogens is 354 g/mol. The van der Waals surface area contributed by atoms with Crippen molar-refractivity contribution in [2.24, 2.45) is 5.10 Å². The first-order valence-electron chi connectivity index (χ1n) is 8.14. The molecule has 1 atom stereocenters. The summed E-state index contributed by atoms with van der Waals surface area (Å²) in [7, 11) is 0. The van der Waals surface area contributed by atoms with Gasteiger partial charge < -0.3 is 10.1 Å². The van der Waals surface area contributed by atoms with Gasteiger partial charge in [-0.2, -0.15) is 5.10 Å². The van der Waals surface area contributed by atoms with E-state index < -0.39 is 18.0 Å². The first kappa shape index (κ1) is 19.5. The van der Waals surface area contributed by atoms with E-state index in [9.17, 15) is 9.59 Å². The number of carbonyl (C=O) groups is 2. The third kappa shape index (κ3) is 6.57. The van der Waals surface area contributed by atoms with E-state index in [1.54, 1.807) is 31.2 Å². The molecule has 0 spiro atoms. The summed E-state index contributed by atoms with van der Waals surface area (Å²) in [6.07, 6.45) is 1.17. The lowest BCUT2D eigenvalue weighted by atomic mass is 10.1. The van der Waals surface area contributed by atoms with Gasteiger partial charge in [-0.15, -0.1) is 0 Å². The number of hydrazone groups is 1. The van der Waals surface area contributed by atoms with Crippen LogP contribution < -0.4 is 10.7 Å². The summed E-state index contributed by atoms with van der Waals surface area (Å²) < 4.78 is 4.86. The molecule has 0 saturated carbocycles. The molecule has 26 heavy (non-hydrogen) atoms. The number of benzene rings is 2. The van der Waals surface area contributed by atoms with Gasteiger partial charge in [-0.05, 0) is 30.2 Å². The molecule has 2 aromatic rings.